The fourth-order valence-corrected chi connectivity index (χ4v) is 5.75. The van der Waals surface area contributed by atoms with Gasteiger partial charge in [-0.1, -0.05) is 0 Å². The van der Waals surface area contributed by atoms with E-state index in [9.17, 15) is 9.59 Å². The van der Waals surface area contributed by atoms with Crippen LogP contribution in [0.1, 0.15) is 48.0 Å². The largest absolute Gasteiger partial charge is 0.370 e. The highest BCUT2D eigenvalue weighted by atomic mass is 32.2. The first-order valence-corrected chi connectivity index (χ1v) is 12.8. The number of fused-ring (bicyclic) bond motifs is 2. The summed E-state index contributed by atoms with van der Waals surface area (Å²) in [5, 5.41) is 3.31. The molecule has 1 amide bonds. The van der Waals surface area contributed by atoms with Gasteiger partial charge in [-0.3, -0.25) is 9.59 Å². The molecule has 1 aliphatic rings. The van der Waals surface area contributed by atoms with Gasteiger partial charge < -0.3 is 20.0 Å². The van der Waals surface area contributed by atoms with Crippen LogP contribution in [0.25, 0.3) is 21.3 Å². The number of hydrogen-bond acceptors (Lipinski definition) is 7. The van der Waals surface area contributed by atoms with E-state index in [1.165, 1.54) is 23.1 Å². The molecule has 1 saturated heterocycles. The molecule has 0 saturated carbocycles. The molecule has 4 heterocycles. The maximum Gasteiger partial charge on any atom is 0.259 e. The number of ether oxygens (including phenoxy) is 1. The molecule has 33 heavy (non-hydrogen) atoms. The van der Waals surface area contributed by atoms with Gasteiger partial charge in [-0.25, -0.2) is 9.97 Å². The van der Waals surface area contributed by atoms with E-state index in [-0.39, 0.29) is 22.8 Å². The van der Waals surface area contributed by atoms with Crippen molar-refractivity contribution < 1.29 is 9.53 Å². The van der Waals surface area contributed by atoms with Gasteiger partial charge in [0.25, 0.3) is 5.56 Å². The van der Waals surface area contributed by atoms with E-state index in [4.69, 9.17) is 4.74 Å². The van der Waals surface area contributed by atoms with Crippen molar-refractivity contribution in [1.29, 1.82) is 0 Å². The second-order valence-corrected chi connectivity index (χ2v) is 10.8. The lowest BCUT2D eigenvalue weighted by atomic mass is 10.2. The van der Waals surface area contributed by atoms with Crippen molar-refractivity contribution in [3.63, 3.8) is 0 Å². The molecule has 1 fully saturated rings. The second-order valence-electron chi connectivity index (χ2n) is 8.27. The van der Waals surface area contributed by atoms with E-state index in [2.05, 4.69) is 25.3 Å². The SMILES string of the molecule is Cc1sc2nc(CSC(C)C(=O)Nc3ccc4nc(C5CCCO5)[nH]c4c3)[nH]c(=O)c2c1C. The lowest BCUT2D eigenvalue weighted by Gasteiger charge is -2.12. The number of amides is 1. The van der Waals surface area contributed by atoms with Gasteiger partial charge in [0.2, 0.25) is 5.91 Å². The molecular formula is C23H25N5O3S2. The summed E-state index contributed by atoms with van der Waals surface area (Å²) < 4.78 is 5.70. The van der Waals surface area contributed by atoms with Crippen LogP contribution in [-0.2, 0) is 15.3 Å². The molecule has 3 aromatic heterocycles. The van der Waals surface area contributed by atoms with Crippen molar-refractivity contribution in [3.05, 3.63) is 50.6 Å². The minimum absolute atomic E-state index is 0.0214. The number of aromatic amines is 2. The zero-order valence-corrected chi connectivity index (χ0v) is 20.3. The number of imidazole rings is 1. The van der Waals surface area contributed by atoms with Gasteiger partial charge in [0.05, 0.1) is 27.4 Å². The Morgan fingerprint density at radius 3 is 2.97 bits per heavy atom. The minimum Gasteiger partial charge on any atom is -0.370 e. The van der Waals surface area contributed by atoms with Gasteiger partial charge in [0.1, 0.15) is 22.6 Å². The van der Waals surface area contributed by atoms with E-state index in [1.54, 1.807) is 0 Å². The zero-order chi connectivity index (χ0) is 23.1. The Morgan fingerprint density at radius 2 is 2.18 bits per heavy atom. The fraction of sp³-hybridized carbons (Fsp3) is 0.391. The lowest BCUT2D eigenvalue weighted by Crippen LogP contribution is -2.23. The van der Waals surface area contributed by atoms with Crippen LogP contribution in [0.5, 0.6) is 0 Å². The van der Waals surface area contributed by atoms with E-state index in [0.717, 1.165) is 51.6 Å². The molecule has 0 spiro atoms. The van der Waals surface area contributed by atoms with Crippen LogP contribution in [0.2, 0.25) is 0 Å². The molecule has 4 aromatic rings. The quantitative estimate of drug-likeness (QED) is 0.370. The van der Waals surface area contributed by atoms with E-state index >= 15 is 0 Å². The molecule has 3 N–H and O–H groups in total. The van der Waals surface area contributed by atoms with E-state index < -0.39 is 0 Å². The van der Waals surface area contributed by atoms with Crippen molar-refractivity contribution in [2.75, 3.05) is 11.9 Å². The summed E-state index contributed by atoms with van der Waals surface area (Å²) in [6.07, 6.45) is 2.03. The van der Waals surface area contributed by atoms with Gasteiger partial charge in [0, 0.05) is 17.2 Å². The van der Waals surface area contributed by atoms with Crippen molar-refractivity contribution >= 4 is 55.9 Å². The third kappa shape index (κ3) is 4.42. The molecule has 5 rings (SSSR count). The number of hydrogen-bond donors (Lipinski definition) is 3. The number of nitrogens with zero attached hydrogens (tertiary/aromatic N) is 2. The van der Waals surface area contributed by atoms with Crippen LogP contribution in [0, 0.1) is 13.8 Å². The normalized spacial score (nSPS) is 17.1. The Morgan fingerprint density at radius 1 is 1.33 bits per heavy atom. The Kier molecular flexibility index (Phi) is 5.98. The highest BCUT2D eigenvalue weighted by Gasteiger charge is 2.21. The summed E-state index contributed by atoms with van der Waals surface area (Å²) in [6, 6.07) is 5.64. The Balaban J connectivity index is 1.24. The summed E-state index contributed by atoms with van der Waals surface area (Å²) >= 11 is 2.96. The summed E-state index contributed by atoms with van der Waals surface area (Å²) in [5.41, 5.74) is 3.29. The van der Waals surface area contributed by atoms with Crippen LogP contribution >= 0.6 is 23.1 Å². The Labute approximate surface area is 198 Å². The third-order valence-electron chi connectivity index (χ3n) is 5.93. The van der Waals surface area contributed by atoms with Crippen LogP contribution in [0.4, 0.5) is 5.69 Å². The average Bonchev–Trinajstić information content (AvgIpc) is 3.51. The summed E-state index contributed by atoms with van der Waals surface area (Å²) in [6.45, 7) is 6.55. The Bertz CT molecular complexity index is 1400. The highest BCUT2D eigenvalue weighted by molar-refractivity contribution is 7.99. The standard InChI is InChI=1S/C23H25N5O3S2/c1-11-12(2)33-23-19(11)22(30)27-18(28-23)10-32-13(3)21(29)24-14-6-7-15-16(9-14)26-20(25-15)17-5-4-8-31-17/h6-7,9,13,17H,4-5,8,10H2,1-3H3,(H,24,29)(H,25,26)(H,27,28,30). The van der Waals surface area contributed by atoms with Crippen LogP contribution in [0.15, 0.2) is 23.0 Å². The van der Waals surface area contributed by atoms with Crippen LogP contribution in [-0.4, -0.2) is 37.7 Å². The van der Waals surface area contributed by atoms with Crippen molar-refractivity contribution in [2.24, 2.45) is 0 Å². The predicted molar refractivity (Wildman–Crippen MR) is 133 cm³/mol. The van der Waals surface area contributed by atoms with Gasteiger partial charge in [-0.15, -0.1) is 23.1 Å². The minimum atomic E-state index is -0.322. The number of benzene rings is 1. The number of H-pyrrole nitrogens is 2. The fourth-order valence-electron chi connectivity index (χ4n) is 3.94. The lowest BCUT2D eigenvalue weighted by molar-refractivity contribution is -0.115. The van der Waals surface area contributed by atoms with Crippen LogP contribution < -0.4 is 10.9 Å². The van der Waals surface area contributed by atoms with E-state index in [1.807, 2.05) is 39.0 Å². The number of carbonyl (C=O) groups is 1. The number of aromatic nitrogens is 4. The molecule has 1 aromatic carbocycles. The van der Waals surface area contributed by atoms with E-state index in [0.29, 0.717) is 22.7 Å². The topological polar surface area (TPSA) is 113 Å². The molecule has 2 unspecified atom stereocenters. The van der Waals surface area contributed by atoms with Gasteiger partial charge in [0.15, 0.2) is 0 Å². The number of thiophene rings is 1. The monoisotopic (exact) mass is 483 g/mol. The maximum atomic E-state index is 12.7. The number of anilines is 1. The molecule has 2 atom stereocenters. The molecule has 1 aliphatic heterocycles. The smallest absolute Gasteiger partial charge is 0.259 e. The highest BCUT2D eigenvalue weighted by Crippen LogP contribution is 2.29. The molecule has 8 nitrogen and oxygen atoms in total. The van der Waals surface area contributed by atoms with Crippen molar-refractivity contribution in [3.8, 4) is 0 Å². The third-order valence-corrected chi connectivity index (χ3v) is 8.19. The molecule has 0 aliphatic carbocycles. The number of aryl methyl sites for hydroxylation is 2. The Hall–Kier alpha value is -2.69. The number of carbonyl (C=O) groups excluding carboxylic acids is 1. The van der Waals surface area contributed by atoms with Crippen molar-refractivity contribution in [2.45, 2.75) is 50.7 Å². The summed E-state index contributed by atoms with van der Waals surface area (Å²) in [7, 11) is 0. The zero-order valence-electron chi connectivity index (χ0n) is 18.7. The van der Waals surface area contributed by atoms with Crippen molar-refractivity contribution in [1.82, 2.24) is 19.9 Å². The number of thioether (sulfide) groups is 1. The first-order chi connectivity index (χ1) is 15.9. The molecule has 10 heteroatoms. The summed E-state index contributed by atoms with van der Waals surface area (Å²) in [4.78, 5) is 42.4. The molecule has 0 bridgehead atoms. The molecule has 0 radical (unpaired) electrons. The number of rotatable bonds is 6. The first-order valence-electron chi connectivity index (χ1n) is 10.9. The first kappa shape index (κ1) is 22.1. The van der Waals surface area contributed by atoms with Gasteiger partial charge in [-0.05, 0) is 57.4 Å². The summed E-state index contributed by atoms with van der Waals surface area (Å²) in [5.74, 6) is 1.76. The predicted octanol–water partition coefficient (Wildman–Crippen LogP) is 4.59. The number of nitrogens with one attached hydrogen (secondary N) is 3. The second kappa shape index (κ2) is 8.92. The molecule has 172 valence electrons. The van der Waals surface area contributed by atoms with Gasteiger partial charge in [-0.2, -0.15) is 0 Å². The van der Waals surface area contributed by atoms with Gasteiger partial charge >= 0.3 is 0 Å². The molecular weight excluding hydrogens is 458 g/mol. The maximum absolute atomic E-state index is 12.7. The van der Waals surface area contributed by atoms with Crippen LogP contribution in [0.3, 0.4) is 0 Å². The average molecular weight is 484 g/mol.